The van der Waals surface area contributed by atoms with Crippen molar-refractivity contribution < 1.29 is 5.11 Å². The fourth-order valence-corrected chi connectivity index (χ4v) is 2.22. The van der Waals surface area contributed by atoms with Gasteiger partial charge in [0.2, 0.25) is 0 Å². The molecule has 0 radical (unpaired) electrons. The Balaban J connectivity index is 1.82. The maximum atomic E-state index is 9.18. The molecule has 1 heterocycles. The van der Waals surface area contributed by atoms with Crippen molar-refractivity contribution in [3.8, 4) is 5.75 Å². The van der Waals surface area contributed by atoms with Crippen molar-refractivity contribution in [1.29, 1.82) is 0 Å². The zero-order valence-electron chi connectivity index (χ0n) is 9.98. The molecule has 1 aromatic carbocycles. The first-order chi connectivity index (χ1) is 7.65. The number of hydrogen-bond acceptors (Lipinski definition) is 3. The van der Waals surface area contributed by atoms with E-state index in [1.807, 2.05) is 12.1 Å². The Hall–Kier alpha value is -1.06. The summed E-state index contributed by atoms with van der Waals surface area (Å²) in [5.41, 5.74) is 1.22. The van der Waals surface area contributed by atoms with Crippen LogP contribution in [0.5, 0.6) is 5.75 Å². The van der Waals surface area contributed by atoms with Crippen LogP contribution in [0.4, 0.5) is 0 Å². The van der Waals surface area contributed by atoms with E-state index in [9.17, 15) is 5.11 Å². The van der Waals surface area contributed by atoms with Crippen molar-refractivity contribution in [2.45, 2.75) is 32.0 Å². The third-order valence-electron chi connectivity index (χ3n) is 3.42. The van der Waals surface area contributed by atoms with Crippen LogP contribution in [0, 0.1) is 0 Å². The number of phenolic OH excluding ortho intramolecular Hbond substituents is 1. The molecule has 88 valence electrons. The zero-order chi connectivity index (χ0) is 11.5. The lowest BCUT2D eigenvalue weighted by Gasteiger charge is -2.13. The highest BCUT2D eigenvalue weighted by Crippen LogP contribution is 2.15. The summed E-state index contributed by atoms with van der Waals surface area (Å²) in [5, 5.41) is 12.7. The maximum absolute atomic E-state index is 9.18. The Morgan fingerprint density at radius 2 is 2.06 bits per heavy atom. The van der Waals surface area contributed by atoms with Crippen molar-refractivity contribution in [2.24, 2.45) is 0 Å². The number of benzene rings is 1. The van der Waals surface area contributed by atoms with Gasteiger partial charge in [-0.1, -0.05) is 12.1 Å². The summed E-state index contributed by atoms with van der Waals surface area (Å²) in [7, 11) is 2.17. The summed E-state index contributed by atoms with van der Waals surface area (Å²) in [6.07, 6.45) is 1.22. The van der Waals surface area contributed by atoms with Crippen molar-refractivity contribution in [1.82, 2.24) is 10.2 Å². The molecule has 2 unspecified atom stereocenters. The minimum absolute atomic E-state index is 0.331. The molecule has 1 saturated heterocycles. The number of aromatic hydroxyl groups is 1. The molecule has 0 bridgehead atoms. The number of rotatable bonds is 3. The van der Waals surface area contributed by atoms with E-state index in [2.05, 4.69) is 24.2 Å². The van der Waals surface area contributed by atoms with Crippen molar-refractivity contribution in [3.05, 3.63) is 29.8 Å². The van der Waals surface area contributed by atoms with Crippen molar-refractivity contribution >= 4 is 0 Å². The van der Waals surface area contributed by atoms with Crippen LogP contribution in [0.1, 0.15) is 18.9 Å². The number of likely N-dealkylation sites (N-methyl/N-ethyl adjacent to an activating group) is 1. The minimum Gasteiger partial charge on any atom is -0.508 e. The van der Waals surface area contributed by atoms with E-state index in [1.54, 1.807) is 12.1 Å². The third-order valence-corrected chi connectivity index (χ3v) is 3.42. The number of hydrogen-bond donors (Lipinski definition) is 2. The topological polar surface area (TPSA) is 35.5 Å². The van der Waals surface area contributed by atoms with Gasteiger partial charge in [-0.25, -0.2) is 0 Å². The van der Waals surface area contributed by atoms with Crippen molar-refractivity contribution in [3.63, 3.8) is 0 Å². The molecule has 1 fully saturated rings. The molecule has 2 atom stereocenters. The van der Waals surface area contributed by atoms with E-state index in [-0.39, 0.29) is 0 Å². The van der Waals surface area contributed by atoms with Crippen LogP contribution in [-0.2, 0) is 6.54 Å². The van der Waals surface area contributed by atoms with E-state index < -0.39 is 0 Å². The quantitative estimate of drug-likeness (QED) is 0.811. The summed E-state index contributed by atoms with van der Waals surface area (Å²) in [4.78, 5) is 2.38. The Labute approximate surface area is 97.1 Å². The summed E-state index contributed by atoms with van der Waals surface area (Å²) in [6.45, 7) is 4.27. The van der Waals surface area contributed by atoms with Crippen LogP contribution in [-0.4, -0.2) is 35.7 Å². The fraction of sp³-hybridized carbons (Fsp3) is 0.538. The lowest BCUT2D eigenvalue weighted by Crippen LogP contribution is -2.31. The molecule has 0 saturated carbocycles. The molecule has 1 aliphatic rings. The van der Waals surface area contributed by atoms with Crippen molar-refractivity contribution in [2.75, 3.05) is 13.6 Å². The second-order valence-corrected chi connectivity index (χ2v) is 4.77. The summed E-state index contributed by atoms with van der Waals surface area (Å²) in [6, 6.07) is 8.67. The standard InChI is InChI=1S/C13H20N2O/c1-10-7-12(9-15(10)2)14-8-11-3-5-13(16)6-4-11/h3-6,10,12,14,16H,7-9H2,1-2H3. The van der Waals surface area contributed by atoms with E-state index in [0.29, 0.717) is 17.8 Å². The van der Waals surface area contributed by atoms with Gasteiger partial charge < -0.3 is 15.3 Å². The van der Waals surface area contributed by atoms with Gasteiger partial charge in [-0.15, -0.1) is 0 Å². The van der Waals surface area contributed by atoms with Gasteiger partial charge in [-0.05, 0) is 38.1 Å². The van der Waals surface area contributed by atoms with Gasteiger partial charge in [0.15, 0.2) is 0 Å². The second kappa shape index (κ2) is 4.85. The molecule has 1 aliphatic heterocycles. The first-order valence-electron chi connectivity index (χ1n) is 5.86. The summed E-state index contributed by atoms with van der Waals surface area (Å²) in [5.74, 6) is 0.331. The molecule has 1 aromatic rings. The SMILES string of the molecule is CC1CC(NCc2ccc(O)cc2)CN1C. The Kier molecular flexibility index (Phi) is 3.46. The largest absolute Gasteiger partial charge is 0.508 e. The Bertz CT molecular complexity index is 326. The Morgan fingerprint density at radius 3 is 2.62 bits per heavy atom. The molecule has 2 rings (SSSR count). The molecule has 2 N–H and O–H groups in total. The van der Waals surface area contributed by atoms with E-state index >= 15 is 0 Å². The molecule has 0 amide bonds. The smallest absolute Gasteiger partial charge is 0.115 e. The highest BCUT2D eigenvalue weighted by atomic mass is 16.3. The predicted molar refractivity (Wildman–Crippen MR) is 65.4 cm³/mol. The second-order valence-electron chi connectivity index (χ2n) is 4.77. The first kappa shape index (κ1) is 11.4. The number of nitrogens with one attached hydrogen (secondary N) is 1. The number of nitrogens with zero attached hydrogens (tertiary/aromatic N) is 1. The van der Waals surface area contributed by atoms with Gasteiger partial charge in [0.05, 0.1) is 0 Å². The lowest BCUT2D eigenvalue weighted by molar-refractivity contribution is 0.326. The van der Waals surface area contributed by atoms with Crippen LogP contribution in [0.15, 0.2) is 24.3 Å². The number of likely N-dealkylation sites (tertiary alicyclic amines) is 1. The minimum atomic E-state index is 0.331. The Morgan fingerprint density at radius 1 is 1.38 bits per heavy atom. The van der Waals surface area contributed by atoms with E-state index in [4.69, 9.17) is 0 Å². The molecular weight excluding hydrogens is 200 g/mol. The van der Waals surface area contributed by atoms with Gasteiger partial charge in [-0.3, -0.25) is 0 Å². The highest BCUT2D eigenvalue weighted by molar-refractivity contribution is 5.25. The van der Waals surface area contributed by atoms with Crippen LogP contribution >= 0.6 is 0 Å². The van der Waals surface area contributed by atoms with Gasteiger partial charge in [-0.2, -0.15) is 0 Å². The third kappa shape index (κ3) is 2.74. The molecular formula is C13H20N2O. The van der Waals surface area contributed by atoms with E-state index in [1.165, 1.54) is 12.0 Å². The van der Waals surface area contributed by atoms with Gasteiger partial charge in [0.1, 0.15) is 5.75 Å². The van der Waals surface area contributed by atoms with Crippen LogP contribution in [0.2, 0.25) is 0 Å². The number of phenols is 1. The van der Waals surface area contributed by atoms with Gasteiger partial charge in [0, 0.05) is 25.2 Å². The van der Waals surface area contributed by atoms with E-state index in [0.717, 1.165) is 13.1 Å². The molecule has 0 aromatic heterocycles. The van der Waals surface area contributed by atoms with Crippen LogP contribution < -0.4 is 5.32 Å². The highest BCUT2D eigenvalue weighted by Gasteiger charge is 2.25. The zero-order valence-corrected chi connectivity index (χ0v) is 9.98. The molecule has 3 nitrogen and oxygen atoms in total. The normalized spacial score (nSPS) is 26.1. The fourth-order valence-electron chi connectivity index (χ4n) is 2.22. The van der Waals surface area contributed by atoms with Gasteiger partial charge in [0.25, 0.3) is 0 Å². The average Bonchev–Trinajstić information content (AvgIpc) is 2.58. The average molecular weight is 220 g/mol. The lowest BCUT2D eigenvalue weighted by atomic mass is 10.1. The first-order valence-corrected chi connectivity index (χ1v) is 5.86. The summed E-state index contributed by atoms with van der Waals surface area (Å²) >= 11 is 0. The monoisotopic (exact) mass is 220 g/mol. The maximum Gasteiger partial charge on any atom is 0.115 e. The van der Waals surface area contributed by atoms with Gasteiger partial charge >= 0.3 is 0 Å². The molecule has 0 spiro atoms. The predicted octanol–water partition coefficient (Wildman–Crippen LogP) is 1.57. The molecule has 16 heavy (non-hydrogen) atoms. The molecule has 0 aliphatic carbocycles. The summed E-state index contributed by atoms with van der Waals surface area (Å²) < 4.78 is 0. The van der Waals surface area contributed by atoms with Crippen LogP contribution in [0.25, 0.3) is 0 Å². The molecule has 3 heteroatoms. The van der Waals surface area contributed by atoms with Crippen LogP contribution in [0.3, 0.4) is 0 Å².